The van der Waals surface area contributed by atoms with E-state index >= 15 is 0 Å². The van der Waals surface area contributed by atoms with Crippen LogP contribution >= 0.6 is 0 Å². The van der Waals surface area contributed by atoms with E-state index < -0.39 is 0 Å². The fraction of sp³-hybridized carbons (Fsp3) is 0.812. The van der Waals surface area contributed by atoms with Gasteiger partial charge in [0.1, 0.15) is 7.85 Å². The van der Waals surface area contributed by atoms with Crippen molar-refractivity contribution >= 4 is 25.6 Å². The van der Waals surface area contributed by atoms with Gasteiger partial charge in [-0.15, -0.1) is 0 Å². The number of rotatable bonds is 12. The molecule has 0 saturated carbocycles. The van der Waals surface area contributed by atoms with Gasteiger partial charge in [0.05, 0.1) is 0 Å². The second-order valence-electron chi connectivity index (χ2n) is 6.01. The monoisotopic (exact) mass is 308 g/mol. The lowest BCUT2D eigenvalue weighted by Gasteiger charge is -2.13. The van der Waals surface area contributed by atoms with Crippen molar-refractivity contribution in [1.29, 1.82) is 0 Å². The van der Waals surface area contributed by atoms with Gasteiger partial charge in [-0.25, -0.2) is 0 Å². The second kappa shape index (κ2) is 11.3. The predicted octanol–water partition coefficient (Wildman–Crippen LogP) is 1.42. The van der Waals surface area contributed by atoms with Crippen molar-refractivity contribution in [2.24, 2.45) is 0 Å². The van der Waals surface area contributed by atoms with E-state index in [9.17, 15) is 14.4 Å². The molecule has 1 saturated heterocycles. The molecule has 5 nitrogen and oxygen atoms in total. The molecule has 1 heterocycles. The van der Waals surface area contributed by atoms with Crippen molar-refractivity contribution in [3.63, 3.8) is 0 Å². The highest BCUT2D eigenvalue weighted by Crippen LogP contribution is 2.13. The Kier molecular flexibility index (Phi) is 9.59. The fourth-order valence-electron chi connectivity index (χ4n) is 2.65. The maximum absolute atomic E-state index is 11.6. The van der Waals surface area contributed by atoms with Crippen LogP contribution in [0.25, 0.3) is 0 Å². The van der Waals surface area contributed by atoms with Gasteiger partial charge in [-0.05, 0) is 19.3 Å². The second-order valence-corrected chi connectivity index (χ2v) is 6.01. The first kappa shape index (κ1) is 18.7. The molecule has 1 rings (SSSR count). The van der Waals surface area contributed by atoms with Gasteiger partial charge in [0.25, 0.3) is 0 Å². The van der Waals surface area contributed by atoms with E-state index in [0.29, 0.717) is 25.8 Å². The maximum Gasteiger partial charge on any atom is 0.229 e. The minimum atomic E-state index is -0.0502. The molecule has 0 spiro atoms. The van der Waals surface area contributed by atoms with Gasteiger partial charge in [0.15, 0.2) is 0 Å². The largest absolute Gasteiger partial charge is 0.356 e. The first-order valence-electron chi connectivity index (χ1n) is 8.75. The van der Waals surface area contributed by atoms with Crippen molar-refractivity contribution in [1.82, 2.24) is 10.2 Å². The number of hydrogen-bond acceptors (Lipinski definition) is 3. The Morgan fingerprint density at radius 1 is 0.955 bits per heavy atom. The molecule has 3 amide bonds. The van der Waals surface area contributed by atoms with E-state index in [1.807, 2.05) is 0 Å². The number of hydrogen-bond donors (Lipinski definition) is 1. The summed E-state index contributed by atoms with van der Waals surface area (Å²) in [5.41, 5.74) is 0. The third-order valence-corrected chi connectivity index (χ3v) is 4.04. The first-order valence-corrected chi connectivity index (χ1v) is 8.75. The Morgan fingerprint density at radius 2 is 1.59 bits per heavy atom. The van der Waals surface area contributed by atoms with Crippen LogP contribution in [0.15, 0.2) is 0 Å². The summed E-state index contributed by atoms with van der Waals surface area (Å²) in [5.74, 6) is 0.0143. The van der Waals surface area contributed by atoms with Crippen molar-refractivity contribution in [3.8, 4) is 0 Å². The molecule has 1 N–H and O–H groups in total. The van der Waals surface area contributed by atoms with Gasteiger partial charge in [0, 0.05) is 32.4 Å². The highest BCUT2D eigenvalue weighted by Gasteiger charge is 2.27. The molecule has 0 atom stereocenters. The standard InChI is InChI=1S/C16H29BN2O3/c17-11-5-1-2-6-12-18-14(20)8-4-3-7-13-19-15(21)9-10-16(19)22/h1-13,17H2,(H,18,20). The Bertz CT molecular complexity index is 358. The number of likely N-dealkylation sites (tertiary alicyclic amines) is 1. The average Bonchev–Trinajstić information content (AvgIpc) is 2.82. The highest BCUT2D eigenvalue weighted by molar-refractivity contribution is 6.08. The molecule has 0 aliphatic carbocycles. The van der Waals surface area contributed by atoms with Crippen molar-refractivity contribution in [2.75, 3.05) is 13.1 Å². The molecule has 22 heavy (non-hydrogen) atoms. The zero-order valence-electron chi connectivity index (χ0n) is 13.9. The van der Waals surface area contributed by atoms with Crippen LogP contribution < -0.4 is 5.32 Å². The lowest BCUT2D eigenvalue weighted by atomic mass is 9.99. The number of unbranched alkanes of at least 4 members (excludes halogenated alkanes) is 5. The Balaban J connectivity index is 1.92. The molecular weight excluding hydrogens is 279 g/mol. The Hall–Kier alpha value is -1.33. The minimum Gasteiger partial charge on any atom is -0.356 e. The summed E-state index contributed by atoms with van der Waals surface area (Å²) in [6.07, 6.45) is 9.75. The molecule has 124 valence electrons. The average molecular weight is 308 g/mol. The van der Waals surface area contributed by atoms with E-state index in [1.165, 1.54) is 30.5 Å². The number of carbonyl (C=O) groups is 3. The zero-order chi connectivity index (χ0) is 16.2. The van der Waals surface area contributed by atoms with Crippen LogP contribution in [0.4, 0.5) is 0 Å². The third kappa shape index (κ3) is 7.62. The molecule has 0 bridgehead atoms. The molecule has 1 aliphatic heterocycles. The van der Waals surface area contributed by atoms with Gasteiger partial charge in [-0.3, -0.25) is 19.3 Å². The van der Waals surface area contributed by atoms with E-state index in [0.717, 1.165) is 32.2 Å². The number of nitrogens with zero attached hydrogens (tertiary/aromatic N) is 1. The predicted molar refractivity (Wildman–Crippen MR) is 89.3 cm³/mol. The topological polar surface area (TPSA) is 66.5 Å². The normalized spacial score (nSPS) is 14.6. The van der Waals surface area contributed by atoms with Crippen LogP contribution in [-0.4, -0.2) is 43.6 Å². The summed E-state index contributed by atoms with van der Waals surface area (Å²) >= 11 is 0. The van der Waals surface area contributed by atoms with Gasteiger partial charge in [-0.1, -0.05) is 32.0 Å². The minimum absolute atomic E-state index is 0.0502. The fourth-order valence-corrected chi connectivity index (χ4v) is 2.65. The molecule has 0 aromatic carbocycles. The highest BCUT2D eigenvalue weighted by atomic mass is 16.2. The van der Waals surface area contributed by atoms with Crippen LogP contribution in [0.1, 0.15) is 64.2 Å². The van der Waals surface area contributed by atoms with E-state index in [1.54, 1.807) is 0 Å². The van der Waals surface area contributed by atoms with Gasteiger partial charge >= 0.3 is 0 Å². The summed E-state index contributed by atoms with van der Waals surface area (Å²) in [6.45, 7) is 1.29. The number of imide groups is 1. The molecular formula is C16H29BN2O3. The van der Waals surface area contributed by atoms with E-state index in [4.69, 9.17) is 0 Å². The SMILES string of the molecule is BCCCCCCNC(=O)CCCCCN1C(=O)CCC1=O. The molecule has 1 aliphatic rings. The van der Waals surface area contributed by atoms with Crippen LogP contribution in [0.2, 0.25) is 6.32 Å². The maximum atomic E-state index is 11.6. The number of amides is 3. The van der Waals surface area contributed by atoms with Crippen LogP contribution in [-0.2, 0) is 14.4 Å². The first-order chi connectivity index (χ1) is 10.6. The van der Waals surface area contributed by atoms with Crippen molar-refractivity contribution < 1.29 is 14.4 Å². The molecule has 0 unspecified atom stereocenters. The molecule has 1 fully saturated rings. The van der Waals surface area contributed by atoms with Gasteiger partial charge < -0.3 is 5.32 Å². The zero-order valence-corrected chi connectivity index (χ0v) is 13.9. The van der Waals surface area contributed by atoms with Crippen LogP contribution in [0.5, 0.6) is 0 Å². The lowest BCUT2D eigenvalue weighted by Crippen LogP contribution is -2.30. The third-order valence-electron chi connectivity index (χ3n) is 4.04. The molecule has 0 aromatic rings. The van der Waals surface area contributed by atoms with Gasteiger partial charge in [0.2, 0.25) is 17.7 Å². The Morgan fingerprint density at radius 3 is 2.27 bits per heavy atom. The molecule has 6 heteroatoms. The number of nitrogens with one attached hydrogen (secondary N) is 1. The van der Waals surface area contributed by atoms with Crippen LogP contribution in [0, 0.1) is 0 Å². The van der Waals surface area contributed by atoms with Crippen LogP contribution in [0.3, 0.4) is 0 Å². The summed E-state index contributed by atoms with van der Waals surface area (Å²) in [7, 11) is 2.19. The molecule has 0 aromatic heterocycles. The van der Waals surface area contributed by atoms with Gasteiger partial charge in [-0.2, -0.15) is 0 Å². The summed E-state index contributed by atoms with van der Waals surface area (Å²) in [6, 6.07) is 0. The summed E-state index contributed by atoms with van der Waals surface area (Å²) in [4.78, 5) is 35.8. The smallest absolute Gasteiger partial charge is 0.229 e. The van der Waals surface area contributed by atoms with Crippen molar-refractivity contribution in [3.05, 3.63) is 0 Å². The summed E-state index contributed by atoms with van der Waals surface area (Å²) < 4.78 is 0. The Labute approximate surface area is 134 Å². The number of carbonyl (C=O) groups excluding carboxylic acids is 3. The lowest BCUT2D eigenvalue weighted by molar-refractivity contribution is -0.138. The van der Waals surface area contributed by atoms with E-state index in [2.05, 4.69) is 13.2 Å². The molecule has 0 radical (unpaired) electrons. The van der Waals surface area contributed by atoms with E-state index in [-0.39, 0.29) is 17.7 Å². The van der Waals surface area contributed by atoms with Crippen molar-refractivity contribution in [2.45, 2.75) is 70.5 Å². The summed E-state index contributed by atoms with van der Waals surface area (Å²) in [5, 5.41) is 2.95. The quantitative estimate of drug-likeness (QED) is 0.337.